The van der Waals surface area contributed by atoms with E-state index in [0.29, 0.717) is 11.1 Å². The molecule has 21 heavy (non-hydrogen) atoms. The summed E-state index contributed by atoms with van der Waals surface area (Å²) in [6, 6.07) is 6.33. The summed E-state index contributed by atoms with van der Waals surface area (Å²) in [6.45, 7) is 5.48. The molecule has 1 atom stereocenters. The van der Waals surface area contributed by atoms with Crippen molar-refractivity contribution in [2.75, 3.05) is 11.9 Å². The van der Waals surface area contributed by atoms with E-state index in [1.807, 2.05) is 11.8 Å². The minimum absolute atomic E-state index is 0.627. The predicted octanol–water partition coefficient (Wildman–Crippen LogP) is 4.13. The molecule has 0 fully saturated rings. The number of thioether (sulfide) groups is 1. The molecule has 2 aromatic rings. The zero-order valence-electron chi connectivity index (χ0n) is 12.6. The maximum absolute atomic E-state index is 5.41. The van der Waals surface area contributed by atoms with Crippen LogP contribution in [0.5, 0.6) is 0 Å². The van der Waals surface area contributed by atoms with Crippen molar-refractivity contribution in [1.29, 1.82) is 0 Å². The van der Waals surface area contributed by atoms with Crippen LogP contribution in [0.4, 0.5) is 5.69 Å². The summed E-state index contributed by atoms with van der Waals surface area (Å²) in [4.78, 5) is 4.52. The van der Waals surface area contributed by atoms with Gasteiger partial charge in [0.15, 0.2) is 5.82 Å². The van der Waals surface area contributed by atoms with E-state index < -0.39 is 0 Å². The molecule has 0 bridgehead atoms. The zero-order chi connectivity index (χ0) is 14.7. The fourth-order valence-corrected chi connectivity index (χ4v) is 3.16. The fraction of sp³-hybridized carbons (Fsp3) is 0.500. The molecule has 3 rings (SSSR count). The van der Waals surface area contributed by atoms with Crippen molar-refractivity contribution in [1.82, 2.24) is 10.1 Å². The summed E-state index contributed by atoms with van der Waals surface area (Å²) in [7, 11) is 0. The van der Waals surface area contributed by atoms with Crippen molar-refractivity contribution in [3.05, 3.63) is 29.6 Å². The van der Waals surface area contributed by atoms with Crippen LogP contribution in [0, 0.1) is 0 Å². The maximum Gasteiger partial charge on any atom is 0.257 e. The monoisotopic (exact) mass is 303 g/mol. The molecule has 0 radical (unpaired) electrons. The van der Waals surface area contributed by atoms with Gasteiger partial charge in [-0.05, 0) is 43.0 Å². The predicted molar refractivity (Wildman–Crippen MR) is 87.6 cm³/mol. The van der Waals surface area contributed by atoms with Gasteiger partial charge >= 0.3 is 0 Å². The van der Waals surface area contributed by atoms with Crippen LogP contribution in [0.3, 0.4) is 0 Å². The Morgan fingerprint density at radius 2 is 2.33 bits per heavy atom. The topological polar surface area (TPSA) is 51.0 Å². The Labute approximate surface area is 129 Å². The number of hydrogen-bond acceptors (Lipinski definition) is 5. The molecule has 1 aliphatic heterocycles. The van der Waals surface area contributed by atoms with Crippen LogP contribution in [0.2, 0.25) is 0 Å². The number of nitrogens with one attached hydrogen (secondary N) is 1. The third-order valence-electron chi connectivity index (χ3n) is 3.83. The highest BCUT2D eigenvalue weighted by Crippen LogP contribution is 2.28. The Morgan fingerprint density at radius 1 is 1.43 bits per heavy atom. The van der Waals surface area contributed by atoms with Gasteiger partial charge in [-0.1, -0.05) is 19.0 Å². The van der Waals surface area contributed by atoms with E-state index in [1.165, 1.54) is 17.7 Å². The molecule has 0 saturated carbocycles. The SMILES string of the molecule is CCC(C)SCc1noc(-c2ccc3c(c2)CCCN3)n1. The quantitative estimate of drug-likeness (QED) is 0.900. The molecular weight excluding hydrogens is 282 g/mol. The Hall–Kier alpha value is -1.49. The molecule has 0 amide bonds. The Balaban J connectivity index is 1.73. The van der Waals surface area contributed by atoms with Crippen LogP contribution in [-0.2, 0) is 12.2 Å². The Kier molecular flexibility index (Phi) is 4.48. The fourth-order valence-electron chi connectivity index (χ4n) is 2.37. The van der Waals surface area contributed by atoms with Gasteiger partial charge in [0.25, 0.3) is 5.89 Å². The van der Waals surface area contributed by atoms with Gasteiger partial charge < -0.3 is 9.84 Å². The van der Waals surface area contributed by atoms with Crippen molar-refractivity contribution >= 4 is 17.4 Å². The van der Waals surface area contributed by atoms with E-state index in [2.05, 4.69) is 47.5 Å². The zero-order valence-corrected chi connectivity index (χ0v) is 13.4. The van der Waals surface area contributed by atoms with Gasteiger partial charge in [-0.2, -0.15) is 16.7 Å². The second-order valence-corrected chi connectivity index (χ2v) is 6.87. The van der Waals surface area contributed by atoms with E-state index in [1.54, 1.807) is 0 Å². The molecule has 1 aliphatic rings. The van der Waals surface area contributed by atoms with Crippen LogP contribution < -0.4 is 5.32 Å². The van der Waals surface area contributed by atoms with E-state index in [-0.39, 0.29) is 0 Å². The Bertz CT molecular complexity index is 611. The van der Waals surface area contributed by atoms with Crippen LogP contribution in [0.1, 0.15) is 38.1 Å². The number of hydrogen-bond donors (Lipinski definition) is 1. The Morgan fingerprint density at radius 3 is 3.19 bits per heavy atom. The molecule has 0 aliphatic carbocycles. The first-order chi connectivity index (χ1) is 10.3. The first-order valence-corrected chi connectivity index (χ1v) is 8.62. The number of nitrogens with zero attached hydrogens (tertiary/aromatic N) is 2. The molecule has 0 spiro atoms. The number of aromatic nitrogens is 2. The maximum atomic E-state index is 5.41. The number of aryl methyl sites for hydroxylation is 1. The van der Waals surface area contributed by atoms with Crippen molar-refractivity contribution in [3.8, 4) is 11.5 Å². The summed E-state index contributed by atoms with van der Waals surface area (Å²) in [5, 5.41) is 8.13. The minimum atomic E-state index is 0.627. The van der Waals surface area contributed by atoms with Gasteiger partial charge in [0.1, 0.15) is 0 Å². The second kappa shape index (κ2) is 6.52. The lowest BCUT2D eigenvalue weighted by atomic mass is 10.0. The number of benzene rings is 1. The summed E-state index contributed by atoms with van der Waals surface area (Å²) in [6.07, 6.45) is 3.45. The van der Waals surface area contributed by atoms with Crippen molar-refractivity contribution < 1.29 is 4.52 Å². The van der Waals surface area contributed by atoms with E-state index in [4.69, 9.17) is 4.52 Å². The molecular formula is C16H21N3OS. The smallest absolute Gasteiger partial charge is 0.257 e. The average molecular weight is 303 g/mol. The summed E-state index contributed by atoms with van der Waals surface area (Å²) in [5.74, 6) is 2.22. The third kappa shape index (κ3) is 3.40. The summed E-state index contributed by atoms with van der Waals surface area (Å²) < 4.78 is 5.41. The molecule has 4 nitrogen and oxygen atoms in total. The van der Waals surface area contributed by atoms with Crippen molar-refractivity contribution in [2.24, 2.45) is 0 Å². The first-order valence-electron chi connectivity index (χ1n) is 7.57. The van der Waals surface area contributed by atoms with Crippen molar-refractivity contribution in [2.45, 2.75) is 44.1 Å². The molecule has 0 saturated heterocycles. The summed E-state index contributed by atoms with van der Waals surface area (Å²) >= 11 is 1.87. The third-order valence-corrected chi connectivity index (χ3v) is 5.16. The molecule has 1 aromatic heterocycles. The van der Waals surface area contributed by atoms with Gasteiger partial charge in [0.05, 0.1) is 5.75 Å². The number of fused-ring (bicyclic) bond motifs is 1. The van der Waals surface area contributed by atoms with Crippen LogP contribution in [0.25, 0.3) is 11.5 Å². The lowest BCUT2D eigenvalue weighted by molar-refractivity contribution is 0.425. The van der Waals surface area contributed by atoms with Gasteiger partial charge in [-0.25, -0.2) is 0 Å². The van der Waals surface area contributed by atoms with Crippen LogP contribution in [0.15, 0.2) is 22.7 Å². The molecule has 2 heterocycles. The molecule has 5 heteroatoms. The minimum Gasteiger partial charge on any atom is -0.385 e. The lowest BCUT2D eigenvalue weighted by Crippen LogP contribution is -2.11. The average Bonchev–Trinajstić information content (AvgIpc) is 3.01. The van der Waals surface area contributed by atoms with E-state index in [0.717, 1.165) is 36.5 Å². The second-order valence-electron chi connectivity index (χ2n) is 5.45. The largest absolute Gasteiger partial charge is 0.385 e. The standard InChI is InChI=1S/C16H21N3OS/c1-3-11(2)21-10-15-18-16(20-19-15)13-6-7-14-12(9-13)5-4-8-17-14/h6-7,9,11,17H,3-5,8,10H2,1-2H3. The summed E-state index contributed by atoms with van der Waals surface area (Å²) in [5.41, 5.74) is 3.59. The van der Waals surface area contributed by atoms with E-state index >= 15 is 0 Å². The van der Waals surface area contributed by atoms with Gasteiger partial charge in [0.2, 0.25) is 0 Å². The molecule has 112 valence electrons. The lowest BCUT2D eigenvalue weighted by Gasteiger charge is -2.17. The van der Waals surface area contributed by atoms with Crippen LogP contribution in [-0.4, -0.2) is 21.9 Å². The molecule has 1 aromatic carbocycles. The van der Waals surface area contributed by atoms with Gasteiger partial charge in [-0.15, -0.1) is 0 Å². The van der Waals surface area contributed by atoms with Crippen molar-refractivity contribution in [3.63, 3.8) is 0 Å². The molecule has 1 unspecified atom stereocenters. The first kappa shape index (κ1) is 14.4. The van der Waals surface area contributed by atoms with Crippen LogP contribution >= 0.6 is 11.8 Å². The number of rotatable bonds is 5. The normalized spacial score (nSPS) is 15.3. The number of anilines is 1. The molecule has 1 N–H and O–H groups in total. The van der Waals surface area contributed by atoms with Gasteiger partial charge in [-0.3, -0.25) is 0 Å². The highest BCUT2D eigenvalue weighted by atomic mass is 32.2. The van der Waals surface area contributed by atoms with E-state index in [9.17, 15) is 0 Å². The van der Waals surface area contributed by atoms with Gasteiger partial charge in [0, 0.05) is 23.0 Å². The highest BCUT2D eigenvalue weighted by Gasteiger charge is 2.14. The highest BCUT2D eigenvalue weighted by molar-refractivity contribution is 7.99.